The van der Waals surface area contributed by atoms with E-state index in [4.69, 9.17) is 11.6 Å². The summed E-state index contributed by atoms with van der Waals surface area (Å²) in [4.78, 5) is 13.2. The van der Waals surface area contributed by atoms with Crippen LogP contribution < -0.4 is 4.90 Å². The maximum atomic E-state index is 11.4. The molecule has 16 heavy (non-hydrogen) atoms. The predicted octanol–water partition coefficient (Wildman–Crippen LogP) is 2.85. The van der Waals surface area contributed by atoms with Gasteiger partial charge in [0, 0.05) is 25.0 Å². The van der Waals surface area contributed by atoms with Gasteiger partial charge in [0.15, 0.2) is 0 Å². The van der Waals surface area contributed by atoms with Crippen LogP contribution in [0.5, 0.6) is 0 Å². The van der Waals surface area contributed by atoms with E-state index >= 15 is 0 Å². The highest BCUT2D eigenvalue weighted by Crippen LogP contribution is 2.29. The van der Waals surface area contributed by atoms with E-state index in [9.17, 15) is 4.79 Å². The molecule has 0 N–H and O–H groups in total. The average Bonchev–Trinajstić information content (AvgIpc) is 2.69. The molecule has 0 aromatic heterocycles. The lowest BCUT2D eigenvalue weighted by Gasteiger charge is -2.14. The van der Waals surface area contributed by atoms with Crippen LogP contribution in [0.25, 0.3) is 6.08 Å². The van der Waals surface area contributed by atoms with Gasteiger partial charge in [-0.3, -0.25) is 4.79 Å². The number of benzene rings is 1. The molecule has 2 nitrogen and oxygen atoms in total. The fourth-order valence-corrected chi connectivity index (χ4v) is 2.12. The molecule has 0 unspecified atom stereocenters. The van der Waals surface area contributed by atoms with Gasteiger partial charge in [-0.15, -0.1) is 11.6 Å². The lowest BCUT2D eigenvalue weighted by molar-refractivity contribution is -0.116. The van der Waals surface area contributed by atoms with E-state index < -0.39 is 0 Å². The minimum absolute atomic E-state index is 0.114. The molecule has 0 aliphatic carbocycles. The van der Waals surface area contributed by atoms with E-state index in [1.54, 1.807) is 6.92 Å². The van der Waals surface area contributed by atoms with Crippen molar-refractivity contribution in [2.45, 2.75) is 13.3 Å². The Morgan fingerprint density at radius 1 is 1.56 bits per heavy atom. The number of carbonyl (C=O) groups is 1. The Hall–Kier alpha value is -1.28. The number of carbonyl (C=O) groups excluding carboxylic acids is 1. The highest BCUT2D eigenvalue weighted by atomic mass is 35.5. The van der Waals surface area contributed by atoms with Gasteiger partial charge in [0.25, 0.3) is 0 Å². The molecule has 0 spiro atoms. The molecule has 0 fully saturated rings. The summed E-state index contributed by atoms with van der Waals surface area (Å²) in [5.74, 6) is 0.638. The summed E-state index contributed by atoms with van der Waals surface area (Å²) >= 11 is 5.59. The van der Waals surface area contributed by atoms with Crippen LogP contribution in [-0.2, 0) is 11.2 Å². The van der Waals surface area contributed by atoms with Crippen molar-refractivity contribution in [2.24, 2.45) is 0 Å². The number of rotatable bonds is 2. The molecular weight excluding hydrogens is 222 g/mol. The Morgan fingerprint density at radius 2 is 2.38 bits per heavy atom. The summed E-state index contributed by atoms with van der Waals surface area (Å²) in [6.07, 6.45) is 4.86. The van der Waals surface area contributed by atoms with Crippen molar-refractivity contribution in [3.63, 3.8) is 0 Å². The largest absolute Gasteiger partial charge is 0.312 e. The summed E-state index contributed by atoms with van der Waals surface area (Å²) in [5, 5.41) is 0. The first kappa shape index (κ1) is 11.2. The quantitative estimate of drug-likeness (QED) is 0.722. The van der Waals surface area contributed by atoms with Gasteiger partial charge in [0.05, 0.1) is 0 Å². The highest BCUT2D eigenvalue weighted by molar-refractivity contribution is 6.19. The van der Waals surface area contributed by atoms with Gasteiger partial charge in [-0.25, -0.2) is 0 Å². The van der Waals surface area contributed by atoms with Gasteiger partial charge in [-0.2, -0.15) is 0 Å². The third-order valence-electron chi connectivity index (χ3n) is 2.78. The van der Waals surface area contributed by atoms with E-state index in [0.29, 0.717) is 5.88 Å². The molecule has 1 aromatic rings. The number of hydrogen-bond acceptors (Lipinski definition) is 1. The van der Waals surface area contributed by atoms with Gasteiger partial charge in [0.2, 0.25) is 5.91 Å². The second-order valence-corrected chi connectivity index (χ2v) is 4.17. The van der Waals surface area contributed by atoms with E-state index in [-0.39, 0.29) is 5.91 Å². The van der Waals surface area contributed by atoms with Gasteiger partial charge >= 0.3 is 0 Å². The van der Waals surface area contributed by atoms with Crippen LogP contribution in [0.3, 0.4) is 0 Å². The van der Waals surface area contributed by atoms with Crippen LogP contribution in [0.2, 0.25) is 0 Å². The molecule has 0 radical (unpaired) electrons. The standard InChI is InChI=1S/C13H14ClNO/c1-10(16)15-8-6-12-9-11(3-2-7-14)4-5-13(12)15/h2-5,9H,6-8H2,1H3. The zero-order valence-electron chi connectivity index (χ0n) is 9.24. The number of fused-ring (bicyclic) bond motifs is 1. The maximum absolute atomic E-state index is 11.4. The second kappa shape index (κ2) is 4.71. The summed E-state index contributed by atoms with van der Waals surface area (Å²) in [5.41, 5.74) is 3.44. The van der Waals surface area contributed by atoms with Crippen LogP contribution in [0.15, 0.2) is 24.3 Å². The van der Waals surface area contributed by atoms with Crippen LogP contribution in [0, 0.1) is 0 Å². The van der Waals surface area contributed by atoms with Gasteiger partial charge in [-0.05, 0) is 29.7 Å². The van der Waals surface area contributed by atoms with Gasteiger partial charge in [-0.1, -0.05) is 18.2 Å². The molecule has 3 heteroatoms. The minimum Gasteiger partial charge on any atom is -0.312 e. The van der Waals surface area contributed by atoms with E-state index in [2.05, 4.69) is 6.07 Å². The lowest BCUT2D eigenvalue weighted by atomic mass is 10.1. The minimum atomic E-state index is 0.114. The third kappa shape index (κ3) is 2.12. The summed E-state index contributed by atoms with van der Waals surface area (Å²) in [7, 11) is 0. The van der Waals surface area contributed by atoms with Crippen molar-refractivity contribution < 1.29 is 4.79 Å². The van der Waals surface area contributed by atoms with Crippen molar-refractivity contribution in [3.05, 3.63) is 35.4 Å². The number of nitrogens with zero attached hydrogens (tertiary/aromatic N) is 1. The van der Waals surface area contributed by atoms with Crippen molar-refractivity contribution in [1.82, 2.24) is 0 Å². The Bertz CT molecular complexity index is 440. The SMILES string of the molecule is CC(=O)N1CCc2cc(C=CCCl)ccc21. The van der Waals surface area contributed by atoms with Crippen molar-refractivity contribution >= 4 is 29.3 Å². The lowest BCUT2D eigenvalue weighted by Crippen LogP contribution is -2.25. The molecule has 84 valence electrons. The van der Waals surface area contributed by atoms with Crippen LogP contribution in [0.1, 0.15) is 18.1 Å². The molecule has 1 aliphatic heterocycles. The fraction of sp³-hybridized carbons (Fsp3) is 0.308. The second-order valence-electron chi connectivity index (χ2n) is 3.87. The van der Waals surface area contributed by atoms with Gasteiger partial charge in [0.1, 0.15) is 0 Å². The molecule has 0 atom stereocenters. The van der Waals surface area contributed by atoms with Crippen molar-refractivity contribution in [3.8, 4) is 0 Å². The van der Waals surface area contributed by atoms with E-state index in [0.717, 1.165) is 24.2 Å². The number of amides is 1. The zero-order chi connectivity index (χ0) is 11.5. The molecule has 1 aromatic carbocycles. The molecule has 1 heterocycles. The molecule has 0 bridgehead atoms. The summed E-state index contributed by atoms with van der Waals surface area (Å²) < 4.78 is 0. The Labute approximate surface area is 101 Å². The molecule has 1 amide bonds. The molecule has 0 saturated heterocycles. The van der Waals surface area contributed by atoms with E-state index in [1.807, 2.05) is 29.2 Å². The first-order valence-corrected chi connectivity index (χ1v) is 5.89. The van der Waals surface area contributed by atoms with E-state index in [1.165, 1.54) is 5.56 Å². The van der Waals surface area contributed by atoms with Gasteiger partial charge < -0.3 is 4.90 Å². The van der Waals surface area contributed by atoms with Crippen LogP contribution in [0.4, 0.5) is 5.69 Å². The van der Waals surface area contributed by atoms with Crippen molar-refractivity contribution in [1.29, 1.82) is 0 Å². The number of allylic oxidation sites excluding steroid dienone is 1. The molecule has 2 rings (SSSR count). The number of halogens is 1. The van der Waals surface area contributed by atoms with Crippen LogP contribution >= 0.6 is 11.6 Å². The Kier molecular flexibility index (Phi) is 3.30. The molecular formula is C13H14ClNO. The highest BCUT2D eigenvalue weighted by Gasteiger charge is 2.21. The number of alkyl halides is 1. The monoisotopic (exact) mass is 235 g/mol. The number of hydrogen-bond donors (Lipinski definition) is 0. The molecule has 1 aliphatic rings. The smallest absolute Gasteiger partial charge is 0.223 e. The van der Waals surface area contributed by atoms with Crippen LogP contribution in [-0.4, -0.2) is 18.3 Å². The maximum Gasteiger partial charge on any atom is 0.223 e. The third-order valence-corrected chi connectivity index (χ3v) is 2.96. The first-order chi connectivity index (χ1) is 7.72. The Balaban J connectivity index is 2.29. The number of anilines is 1. The molecule has 0 saturated carbocycles. The Morgan fingerprint density at radius 3 is 3.06 bits per heavy atom. The first-order valence-electron chi connectivity index (χ1n) is 5.36. The summed E-state index contributed by atoms with van der Waals surface area (Å²) in [6.45, 7) is 2.41. The average molecular weight is 236 g/mol. The predicted molar refractivity (Wildman–Crippen MR) is 67.9 cm³/mol. The zero-order valence-corrected chi connectivity index (χ0v) is 10.00. The topological polar surface area (TPSA) is 20.3 Å². The normalized spacial score (nSPS) is 14.5. The van der Waals surface area contributed by atoms with Crippen molar-refractivity contribution in [2.75, 3.05) is 17.3 Å². The summed E-state index contributed by atoms with van der Waals surface area (Å²) in [6, 6.07) is 6.15. The fourth-order valence-electron chi connectivity index (χ4n) is 2.03.